The van der Waals surface area contributed by atoms with Crippen molar-refractivity contribution >= 4 is 17.1 Å². The summed E-state index contributed by atoms with van der Waals surface area (Å²) in [7, 11) is 0. The number of nitrogens with zero attached hydrogens (tertiary/aromatic N) is 1. The molecule has 2 rings (SSSR count). The molecule has 0 saturated carbocycles. The van der Waals surface area contributed by atoms with Crippen molar-refractivity contribution in [3.8, 4) is 0 Å². The van der Waals surface area contributed by atoms with Crippen molar-refractivity contribution in [2.24, 2.45) is 0 Å². The molecule has 2 heterocycles. The van der Waals surface area contributed by atoms with Gasteiger partial charge in [-0.3, -0.25) is 9.78 Å². The number of thiophene rings is 1. The molecule has 0 spiro atoms. The van der Waals surface area contributed by atoms with Gasteiger partial charge in [-0.1, -0.05) is 6.92 Å². The average molecular weight is 231 g/mol. The van der Waals surface area contributed by atoms with Crippen LogP contribution < -0.4 is 0 Å². The number of aromatic nitrogens is 1. The lowest BCUT2D eigenvalue weighted by atomic mass is 9.99. The number of carbonyl (C=O) groups is 1. The molecule has 0 radical (unpaired) electrons. The SMILES string of the molecule is CCc1cnccc1C(=O)c1ccsc1C. The molecule has 0 aliphatic rings. The summed E-state index contributed by atoms with van der Waals surface area (Å²) in [5.74, 6) is 0.109. The van der Waals surface area contributed by atoms with E-state index in [1.54, 1.807) is 29.8 Å². The molecule has 0 atom stereocenters. The van der Waals surface area contributed by atoms with Gasteiger partial charge in [-0.25, -0.2) is 0 Å². The molecule has 0 amide bonds. The van der Waals surface area contributed by atoms with E-state index in [0.29, 0.717) is 0 Å². The van der Waals surface area contributed by atoms with Gasteiger partial charge in [-0.05, 0) is 36.4 Å². The summed E-state index contributed by atoms with van der Waals surface area (Å²) < 4.78 is 0. The van der Waals surface area contributed by atoms with E-state index >= 15 is 0 Å². The standard InChI is InChI=1S/C13H13NOS/c1-3-10-8-14-6-4-12(10)13(15)11-5-7-16-9(11)2/h4-8H,3H2,1-2H3. The van der Waals surface area contributed by atoms with Crippen molar-refractivity contribution < 1.29 is 4.79 Å². The molecule has 82 valence electrons. The third-order valence-corrected chi connectivity index (χ3v) is 3.48. The van der Waals surface area contributed by atoms with Crippen LogP contribution in [0.4, 0.5) is 0 Å². The monoisotopic (exact) mass is 231 g/mol. The van der Waals surface area contributed by atoms with Crippen molar-refractivity contribution in [1.29, 1.82) is 0 Å². The maximum absolute atomic E-state index is 12.3. The van der Waals surface area contributed by atoms with E-state index in [0.717, 1.165) is 28.0 Å². The molecule has 0 aromatic carbocycles. The molecule has 2 nitrogen and oxygen atoms in total. The Balaban J connectivity index is 2.46. The number of hydrogen-bond acceptors (Lipinski definition) is 3. The third kappa shape index (κ3) is 1.91. The van der Waals surface area contributed by atoms with Crippen LogP contribution in [0, 0.1) is 6.92 Å². The zero-order valence-corrected chi connectivity index (χ0v) is 10.2. The second-order valence-corrected chi connectivity index (χ2v) is 4.73. The Labute approximate surface area is 99.0 Å². The van der Waals surface area contributed by atoms with Gasteiger partial charge in [0.1, 0.15) is 0 Å². The van der Waals surface area contributed by atoms with Crippen LogP contribution in [0.1, 0.15) is 33.3 Å². The smallest absolute Gasteiger partial charge is 0.194 e. The Morgan fingerprint density at radius 3 is 2.81 bits per heavy atom. The number of rotatable bonds is 3. The molecule has 0 aliphatic heterocycles. The molecule has 0 saturated heterocycles. The summed E-state index contributed by atoms with van der Waals surface area (Å²) in [5, 5.41) is 1.95. The van der Waals surface area contributed by atoms with Gasteiger partial charge in [-0.15, -0.1) is 11.3 Å². The van der Waals surface area contributed by atoms with Crippen LogP contribution in [0.2, 0.25) is 0 Å². The van der Waals surface area contributed by atoms with Crippen molar-refractivity contribution in [2.75, 3.05) is 0 Å². The molecule has 2 aromatic heterocycles. The van der Waals surface area contributed by atoms with E-state index in [2.05, 4.69) is 4.98 Å². The van der Waals surface area contributed by atoms with Gasteiger partial charge in [0.15, 0.2) is 5.78 Å². The summed E-state index contributed by atoms with van der Waals surface area (Å²) in [4.78, 5) is 17.4. The van der Waals surface area contributed by atoms with Gasteiger partial charge < -0.3 is 0 Å². The van der Waals surface area contributed by atoms with Crippen LogP contribution in [-0.2, 0) is 6.42 Å². The molecule has 0 bridgehead atoms. The first kappa shape index (κ1) is 11.0. The molecular weight excluding hydrogens is 218 g/mol. The topological polar surface area (TPSA) is 30.0 Å². The highest BCUT2D eigenvalue weighted by Gasteiger charge is 2.15. The zero-order valence-electron chi connectivity index (χ0n) is 9.36. The second kappa shape index (κ2) is 4.58. The minimum absolute atomic E-state index is 0.109. The second-order valence-electron chi connectivity index (χ2n) is 3.61. The molecule has 0 fully saturated rings. The van der Waals surface area contributed by atoms with Crippen LogP contribution in [0.3, 0.4) is 0 Å². The summed E-state index contributed by atoms with van der Waals surface area (Å²) in [6.07, 6.45) is 4.28. The third-order valence-electron chi connectivity index (χ3n) is 2.63. The first-order valence-corrected chi connectivity index (χ1v) is 6.13. The van der Waals surface area contributed by atoms with Crippen molar-refractivity contribution in [1.82, 2.24) is 4.98 Å². The fourth-order valence-corrected chi connectivity index (χ4v) is 2.39. The Kier molecular flexibility index (Phi) is 3.15. The zero-order chi connectivity index (χ0) is 11.5. The maximum atomic E-state index is 12.3. The van der Waals surface area contributed by atoms with Crippen molar-refractivity contribution in [2.45, 2.75) is 20.3 Å². The molecule has 0 N–H and O–H groups in total. The van der Waals surface area contributed by atoms with E-state index < -0.39 is 0 Å². The van der Waals surface area contributed by atoms with Crippen LogP contribution in [0.25, 0.3) is 0 Å². The molecular formula is C13H13NOS. The lowest BCUT2D eigenvalue weighted by Gasteiger charge is -2.05. The van der Waals surface area contributed by atoms with E-state index in [-0.39, 0.29) is 5.78 Å². The first-order chi connectivity index (χ1) is 7.74. The highest BCUT2D eigenvalue weighted by molar-refractivity contribution is 7.10. The number of aryl methyl sites for hydroxylation is 2. The Morgan fingerprint density at radius 2 is 2.19 bits per heavy atom. The molecule has 2 aromatic rings. The van der Waals surface area contributed by atoms with Crippen molar-refractivity contribution in [3.63, 3.8) is 0 Å². The van der Waals surface area contributed by atoms with E-state index in [4.69, 9.17) is 0 Å². The molecule has 16 heavy (non-hydrogen) atoms. The van der Waals surface area contributed by atoms with Crippen LogP contribution in [-0.4, -0.2) is 10.8 Å². The van der Waals surface area contributed by atoms with Crippen LogP contribution in [0.15, 0.2) is 29.9 Å². The number of carbonyl (C=O) groups excluding carboxylic acids is 1. The first-order valence-electron chi connectivity index (χ1n) is 5.25. The number of pyridine rings is 1. The highest BCUT2D eigenvalue weighted by atomic mass is 32.1. The highest BCUT2D eigenvalue weighted by Crippen LogP contribution is 2.20. The van der Waals surface area contributed by atoms with Gasteiger partial charge >= 0.3 is 0 Å². The molecule has 0 unspecified atom stereocenters. The maximum Gasteiger partial charge on any atom is 0.194 e. The van der Waals surface area contributed by atoms with Gasteiger partial charge in [0, 0.05) is 28.4 Å². The quantitative estimate of drug-likeness (QED) is 0.759. The van der Waals surface area contributed by atoms with E-state index in [9.17, 15) is 4.79 Å². The van der Waals surface area contributed by atoms with E-state index in [1.807, 2.05) is 25.3 Å². The average Bonchev–Trinajstić information content (AvgIpc) is 2.74. The van der Waals surface area contributed by atoms with E-state index in [1.165, 1.54) is 0 Å². The fourth-order valence-electron chi connectivity index (χ4n) is 1.70. The predicted molar refractivity (Wildman–Crippen MR) is 66.1 cm³/mol. The molecule has 3 heteroatoms. The summed E-state index contributed by atoms with van der Waals surface area (Å²) >= 11 is 1.60. The predicted octanol–water partition coefficient (Wildman–Crippen LogP) is 3.24. The minimum atomic E-state index is 0.109. The van der Waals surface area contributed by atoms with Crippen LogP contribution in [0.5, 0.6) is 0 Å². The van der Waals surface area contributed by atoms with Crippen LogP contribution >= 0.6 is 11.3 Å². The lowest BCUT2D eigenvalue weighted by molar-refractivity contribution is 0.103. The normalized spacial score (nSPS) is 10.4. The molecule has 0 aliphatic carbocycles. The Morgan fingerprint density at radius 1 is 1.38 bits per heavy atom. The summed E-state index contributed by atoms with van der Waals surface area (Å²) in [6.45, 7) is 4.01. The minimum Gasteiger partial charge on any atom is -0.289 e. The van der Waals surface area contributed by atoms with Gasteiger partial charge in [0.05, 0.1) is 0 Å². The Bertz CT molecular complexity index is 516. The number of hydrogen-bond donors (Lipinski definition) is 0. The largest absolute Gasteiger partial charge is 0.289 e. The van der Waals surface area contributed by atoms with Gasteiger partial charge in [0.2, 0.25) is 0 Å². The van der Waals surface area contributed by atoms with Gasteiger partial charge in [-0.2, -0.15) is 0 Å². The number of ketones is 1. The summed E-state index contributed by atoms with van der Waals surface area (Å²) in [6, 6.07) is 3.69. The lowest BCUT2D eigenvalue weighted by Crippen LogP contribution is -2.05. The fraction of sp³-hybridized carbons (Fsp3) is 0.231. The van der Waals surface area contributed by atoms with Crippen molar-refractivity contribution in [3.05, 3.63) is 51.5 Å². The summed E-state index contributed by atoms with van der Waals surface area (Å²) in [5.41, 5.74) is 2.60. The Hall–Kier alpha value is -1.48. The van der Waals surface area contributed by atoms with Gasteiger partial charge in [0.25, 0.3) is 0 Å².